The molecule has 0 bridgehead atoms. The Hall–Kier alpha value is -2.01. The van der Waals surface area contributed by atoms with Gasteiger partial charge in [0.25, 0.3) is 0 Å². The SMILES string of the molecule is NC(=O)NC(CO[SiH3])(NC(N)=O)NC(N)=O. The lowest BCUT2D eigenvalue weighted by Gasteiger charge is -2.33. The van der Waals surface area contributed by atoms with Gasteiger partial charge in [0.2, 0.25) is 5.79 Å². The molecule has 11 heteroatoms. The summed E-state index contributed by atoms with van der Waals surface area (Å²) in [6, 6.07) is -3.00. The first-order chi connectivity index (χ1) is 7.31. The van der Waals surface area contributed by atoms with E-state index in [9.17, 15) is 14.4 Å². The number of primary amides is 3. The van der Waals surface area contributed by atoms with Crippen LogP contribution in [0.2, 0.25) is 0 Å². The molecule has 16 heavy (non-hydrogen) atoms. The molecule has 0 saturated carbocycles. The van der Waals surface area contributed by atoms with Crippen LogP contribution in [0.5, 0.6) is 0 Å². The van der Waals surface area contributed by atoms with E-state index < -0.39 is 23.9 Å². The zero-order valence-corrected chi connectivity index (χ0v) is 10.6. The Balaban J connectivity index is 4.93. The van der Waals surface area contributed by atoms with Crippen LogP contribution < -0.4 is 33.2 Å². The summed E-state index contributed by atoms with van der Waals surface area (Å²) in [7, 11) is 0.295. The first kappa shape index (κ1) is 14.0. The van der Waals surface area contributed by atoms with Gasteiger partial charge in [-0.1, -0.05) is 0 Å². The van der Waals surface area contributed by atoms with Crippen molar-refractivity contribution in [1.29, 1.82) is 0 Å². The molecule has 0 unspecified atom stereocenters. The predicted octanol–water partition coefficient (Wildman–Crippen LogP) is -4.06. The van der Waals surface area contributed by atoms with Crippen molar-refractivity contribution < 1.29 is 18.8 Å². The molecule has 0 rings (SSSR count). The number of carbonyl (C=O) groups excluding carboxylic acids is 3. The monoisotopic (exact) mass is 250 g/mol. The molecule has 0 aromatic heterocycles. The molecule has 0 aliphatic carbocycles. The Bertz CT molecular complexity index is 256. The quantitative estimate of drug-likeness (QED) is 0.215. The fraction of sp³-hybridized carbons (Fsp3) is 0.400. The predicted molar refractivity (Wildman–Crippen MR) is 56.8 cm³/mol. The maximum atomic E-state index is 10.7. The van der Waals surface area contributed by atoms with Gasteiger partial charge in [0, 0.05) is 0 Å². The molecule has 6 amide bonds. The van der Waals surface area contributed by atoms with Crippen LogP contribution in [-0.2, 0) is 4.43 Å². The highest BCUT2D eigenvalue weighted by molar-refractivity contribution is 5.98. The van der Waals surface area contributed by atoms with Gasteiger partial charge in [-0.05, 0) is 0 Å². The third-order valence-corrected chi connectivity index (χ3v) is 1.66. The second kappa shape index (κ2) is 5.77. The Labute approximate surface area is 93.8 Å². The van der Waals surface area contributed by atoms with Crippen molar-refractivity contribution in [2.45, 2.75) is 5.79 Å². The highest BCUT2D eigenvalue weighted by Gasteiger charge is 2.33. The van der Waals surface area contributed by atoms with Crippen LogP contribution in [0.3, 0.4) is 0 Å². The minimum atomic E-state index is -1.74. The topological polar surface area (TPSA) is 175 Å². The van der Waals surface area contributed by atoms with E-state index in [1.165, 1.54) is 0 Å². The summed E-state index contributed by atoms with van der Waals surface area (Å²) in [5.41, 5.74) is 14.6. The van der Waals surface area contributed by atoms with Crippen molar-refractivity contribution in [2.75, 3.05) is 6.61 Å². The van der Waals surface area contributed by atoms with Gasteiger partial charge in [0.05, 0.1) is 6.61 Å². The van der Waals surface area contributed by atoms with Crippen LogP contribution in [0.25, 0.3) is 0 Å². The highest BCUT2D eigenvalue weighted by Crippen LogP contribution is 1.95. The fourth-order valence-corrected chi connectivity index (χ4v) is 1.48. The molecule has 0 fully saturated rings. The third-order valence-electron chi connectivity index (χ3n) is 1.37. The highest BCUT2D eigenvalue weighted by atomic mass is 28.2. The van der Waals surface area contributed by atoms with Gasteiger partial charge in [-0.25, -0.2) is 14.4 Å². The molecule has 0 atom stereocenters. The normalized spacial score (nSPS) is 10.5. The Morgan fingerprint density at radius 2 is 1.31 bits per heavy atom. The van der Waals surface area contributed by atoms with Gasteiger partial charge in [-0.15, -0.1) is 0 Å². The summed E-state index contributed by atoms with van der Waals surface area (Å²) in [5, 5.41) is 6.21. The smallest absolute Gasteiger partial charge is 0.315 e. The number of urea groups is 3. The van der Waals surface area contributed by atoms with E-state index in [1.807, 2.05) is 0 Å². The van der Waals surface area contributed by atoms with Gasteiger partial charge < -0.3 is 21.6 Å². The lowest BCUT2D eigenvalue weighted by atomic mass is 10.3. The van der Waals surface area contributed by atoms with Crippen LogP contribution in [-0.4, -0.2) is 41.0 Å². The van der Waals surface area contributed by atoms with Crippen molar-refractivity contribution in [3.05, 3.63) is 0 Å². The molecular formula is C5H14N6O4Si. The Morgan fingerprint density at radius 1 is 1.00 bits per heavy atom. The maximum Gasteiger partial charge on any atom is 0.315 e. The first-order valence-electron chi connectivity index (χ1n) is 4.03. The average Bonchev–Trinajstić information content (AvgIpc) is 1.98. The van der Waals surface area contributed by atoms with Crippen LogP contribution >= 0.6 is 0 Å². The molecule has 0 saturated heterocycles. The second-order valence-corrected chi connectivity index (χ2v) is 3.38. The van der Waals surface area contributed by atoms with Crippen molar-refractivity contribution in [3.63, 3.8) is 0 Å². The molecule has 0 aliphatic heterocycles. The molecule has 0 aromatic carbocycles. The van der Waals surface area contributed by atoms with Crippen molar-refractivity contribution >= 4 is 28.6 Å². The van der Waals surface area contributed by atoms with E-state index in [1.54, 1.807) is 0 Å². The van der Waals surface area contributed by atoms with Crippen molar-refractivity contribution in [2.24, 2.45) is 17.2 Å². The molecule has 9 N–H and O–H groups in total. The summed E-state index contributed by atoms with van der Waals surface area (Å²) in [6.07, 6.45) is 0. The number of amides is 6. The van der Waals surface area contributed by atoms with E-state index >= 15 is 0 Å². The number of nitrogens with two attached hydrogens (primary N) is 3. The lowest BCUT2D eigenvalue weighted by Crippen LogP contribution is -2.74. The van der Waals surface area contributed by atoms with Gasteiger partial charge in [-0.2, -0.15) is 0 Å². The summed E-state index contributed by atoms with van der Waals surface area (Å²) < 4.78 is 4.84. The van der Waals surface area contributed by atoms with Crippen LogP contribution in [0, 0.1) is 0 Å². The zero-order valence-electron chi connectivity index (χ0n) is 8.57. The molecule has 0 spiro atoms. The fourth-order valence-electron chi connectivity index (χ4n) is 1.05. The Morgan fingerprint density at radius 3 is 1.50 bits per heavy atom. The molecule has 92 valence electrons. The minimum Gasteiger partial charge on any atom is -0.422 e. The first-order valence-corrected chi connectivity index (χ1v) is 4.85. The van der Waals surface area contributed by atoms with E-state index in [0.29, 0.717) is 10.5 Å². The van der Waals surface area contributed by atoms with Gasteiger partial charge in [0.15, 0.2) is 0 Å². The number of hydrogen-bond donors (Lipinski definition) is 6. The van der Waals surface area contributed by atoms with Crippen LogP contribution in [0.15, 0.2) is 0 Å². The maximum absolute atomic E-state index is 10.7. The van der Waals surface area contributed by atoms with Crippen molar-refractivity contribution in [3.8, 4) is 0 Å². The van der Waals surface area contributed by atoms with Gasteiger partial charge >= 0.3 is 18.1 Å². The molecule has 0 radical (unpaired) electrons. The average molecular weight is 250 g/mol. The summed E-state index contributed by atoms with van der Waals surface area (Å²) in [4.78, 5) is 32.2. The van der Waals surface area contributed by atoms with Gasteiger partial charge in [-0.3, -0.25) is 16.0 Å². The largest absolute Gasteiger partial charge is 0.422 e. The minimum absolute atomic E-state index is 0.256. The third kappa shape index (κ3) is 5.01. The van der Waals surface area contributed by atoms with Gasteiger partial charge in [0.1, 0.15) is 10.5 Å². The summed E-state index contributed by atoms with van der Waals surface area (Å²) in [5.74, 6) is -1.74. The molecule has 0 aromatic rings. The van der Waals surface area contributed by atoms with Crippen molar-refractivity contribution in [1.82, 2.24) is 16.0 Å². The molecule has 0 heterocycles. The summed E-state index contributed by atoms with van der Waals surface area (Å²) >= 11 is 0. The van der Waals surface area contributed by atoms with E-state index in [0.717, 1.165) is 0 Å². The Kier molecular flexibility index (Phi) is 5.04. The zero-order chi connectivity index (χ0) is 12.8. The standard InChI is InChI=1S/C5H14N6O4Si/c6-2(12)9-5(1-15-16,10-3(7)13)11-4(8)14/h1H2,16H3,(H3,6,9,12)(H3,7,10,13)(H3,8,11,14). The van der Waals surface area contributed by atoms with Crippen LogP contribution in [0.1, 0.15) is 0 Å². The van der Waals surface area contributed by atoms with E-state index in [2.05, 4.69) is 16.0 Å². The molecular weight excluding hydrogens is 236 g/mol. The second-order valence-electron chi connectivity index (χ2n) is 2.81. The van der Waals surface area contributed by atoms with E-state index in [4.69, 9.17) is 21.6 Å². The molecule has 0 aliphatic rings. The number of nitrogens with one attached hydrogen (secondary N) is 3. The number of hydrogen-bond acceptors (Lipinski definition) is 4. The lowest BCUT2D eigenvalue weighted by molar-refractivity contribution is 0.136. The molecule has 10 nitrogen and oxygen atoms in total. The van der Waals surface area contributed by atoms with E-state index in [-0.39, 0.29) is 6.61 Å². The van der Waals surface area contributed by atoms with Crippen LogP contribution in [0.4, 0.5) is 14.4 Å². The summed E-state index contributed by atoms with van der Waals surface area (Å²) in [6.45, 7) is -0.256. The number of carbonyl (C=O) groups is 3. The number of rotatable bonds is 5.